The lowest BCUT2D eigenvalue weighted by atomic mass is 10.1. The summed E-state index contributed by atoms with van der Waals surface area (Å²) in [4.78, 5) is 14.1. The summed E-state index contributed by atoms with van der Waals surface area (Å²) < 4.78 is 28.6. The standard InChI is InChI=1S/C16H12BrClN2O3S/c1-9-6-16(21)19-14-8-13(18)15(7-12(9)14)24(22,23)20-11-4-2-10(17)3-5-11/h2-8,20H,1H3,(H,19,21). The number of H-pyrrole nitrogens is 1. The van der Waals surface area contributed by atoms with E-state index in [9.17, 15) is 13.2 Å². The first-order chi connectivity index (χ1) is 11.3. The molecule has 3 rings (SSSR count). The number of rotatable bonds is 3. The van der Waals surface area contributed by atoms with E-state index in [0.29, 0.717) is 22.2 Å². The molecule has 2 aromatic carbocycles. The summed E-state index contributed by atoms with van der Waals surface area (Å²) >= 11 is 9.43. The van der Waals surface area contributed by atoms with Gasteiger partial charge in [0.1, 0.15) is 4.90 Å². The summed E-state index contributed by atoms with van der Waals surface area (Å²) in [6.07, 6.45) is 0. The molecule has 5 nitrogen and oxygen atoms in total. The van der Waals surface area contributed by atoms with Crippen LogP contribution in [0.25, 0.3) is 10.9 Å². The van der Waals surface area contributed by atoms with Crippen molar-refractivity contribution in [3.8, 4) is 0 Å². The molecule has 0 atom stereocenters. The Morgan fingerprint density at radius 3 is 2.46 bits per heavy atom. The Morgan fingerprint density at radius 1 is 1.12 bits per heavy atom. The van der Waals surface area contributed by atoms with Gasteiger partial charge in [-0.2, -0.15) is 0 Å². The quantitative estimate of drug-likeness (QED) is 0.662. The van der Waals surface area contributed by atoms with Crippen molar-refractivity contribution in [2.75, 3.05) is 4.72 Å². The predicted octanol–water partition coefficient (Wildman–Crippen LogP) is 4.05. The number of hydrogen-bond acceptors (Lipinski definition) is 3. The van der Waals surface area contributed by atoms with Gasteiger partial charge in [0.05, 0.1) is 10.5 Å². The molecule has 124 valence electrons. The summed E-state index contributed by atoms with van der Waals surface area (Å²) in [7, 11) is -3.86. The van der Waals surface area contributed by atoms with Crippen LogP contribution in [0.15, 0.2) is 56.6 Å². The number of halogens is 2. The van der Waals surface area contributed by atoms with E-state index in [2.05, 4.69) is 25.6 Å². The Balaban J connectivity index is 2.11. The summed E-state index contributed by atoms with van der Waals surface area (Å²) in [5.74, 6) is 0. The molecule has 3 aromatic rings. The van der Waals surface area contributed by atoms with Crippen molar-refractivity contribution in [3.63, 3.8) is 0 Å². The first kappa shape index (κ1) is 17.0. The molecule has 0 amide bonds. The molecule has 0 radical (unpaired) electrons. The first-order valence-corrected chi connectivity index (χ1v) is 9.53. The molecule has 0 aliphatic carbocycles. The fourth-order valence-corrected chi connectivity index (χ4v) is 4.24. The Morgan fingerprint density at radius 2 is 1.79 bits per heavy atom. The van der Waals surface area contributed by atoms with Crippen molar-refractivity contribution >= 4 is 54.1 Å². The van der Waals surface area contributed by atoms with E-state index >= 15 is 0 Å². The van der Waals surface area contributed by atoms with Crippen LogP contribution in [0, 0.1) is 6.92 Å². The summed E-state index contributed by atoms with van der Waals surface area (Å²) in [5, 5.41) is 0.656. The molecular weight excluding hydrogens is 416 g/mol. The maximum Gasteiger partial charge on any atom is 0.263 e. The first-order valence-electron chi connectivity index (χ1n) is 6.88. The normalized spacial score (nSPS) is 11.6. The third-order valence-corrected chi connectivity index (χ3v) is 5.86. The van der Waals surface area contributed by atoms with Crippen molar-refractivity contribution in [1.82, 2.24) is 4.98 Å². The van der Waals surface area contributed by atoms with Gasteiger partial charge < -0.3 is 4.98 Å². The molecule has 8 heteroatoms. The van der Waals surface area contributed by atoms with Gasteiger partial charge in [0.15, 0.2) is 0 Å². The predicted molar refractivity (Wildman–Crippen MR) is 99.3 cm³/mol. The summed E-state index contributed by atoms with van der Waals surface area (Å²) in [6.45, 7) is 1.74. The second-order valence-electron chi connectivity index (χ2n) is 5.26. The highest BCUT2D eigenvalue weighted by Gasteiger charge is 2.20. The van der Waals surface area contributed by atoms with Crippen molar-refractivity contribution in [3.05, 3.63) is 67.9 Å². The topological polar surface area (TPSA) is 79.0 Å². The fraction of sp³-hybridized carbons (Fsp3) is 0.0625. The molecule has 0 aliphatic rings. The van der Waals surface area contributed by atoms with E-state index < -0.39 is 10.0 Å². The monoisotopic (exact) mass is 426 g/mol. The lowest BCUT2D eigenvalue weighted by molar-refractivity contribution is 0.601. The van der Waals surface area contributed by atoms with Gasteiger partial charge >= 0.3 is 0 Å². The highest BCUT2D eigenvalue weighted by atomic mass is 79.9. The van der Waals surface area contributed by atoms with Crippen LogP contribution in [0.1, 0.15) is 5.56 Å². The Kier molecular flexibility index (Phi) is 4.42. The highest BCUT2D eigenvalue weighted by Crippen LogP contribution is 2.29. The lowest BCUT2D eigenvalue weighted by Crippen LogP contribution is -2.14. The minimum atomic E-state index is -3.86. The molecule has 1 aromatic heterocycles. The molecule has 0 spiro atoms. The number of pyridine rings is 1. The van der Waals surface area contributed by atoms with Crippen LogP contribution in [0.2, 0.25) is 5.02 Å². The number of aryl methyl sites for hydroxylation is 1. The maximum absolute atomic E-state index is 12.7. The molecule has 1 heterocycles. The van der Waals surface area contributed by atoms with Gasteiger partial charge in [-0.05, 0) is 48.9 Å². The van der Waals surface area contributed by atoms with Crippen LogP contribution in [0.5, 0.6) is 0 Å². The van der Waals surface area contributed by atoms with Gasteiger partial charge in [-0.1, -0.05) is 27.5 Å². The number of sulfonamides is 1. The second kappa shape index (κ2) is 6.23. The van der Waals surface area contributed by atoms with Crippen molar-refractivity contribution in [2.45, 2.75) is 11.8 Å². The van der Waals surface area contributed by atoms with Crippen LogP contribution >= 0.6 is 27.5 Å². The number of fused-ring (bicyclic) bond motifs is 1. The van der Waals surface area contributed by atoms with E-state index in [4.69, 9.17) is 11.6 Å². The zero-order chi connectivity index (χ0) is 17.5. The Hall–Kier alpha value is -1.83. The summed E-state index contributed by atoms with van der Waals surface area (Å²) in [5.41, 5.74) is 1.32. The number of benzene rings is 2. The Labute approximate surface area is 151 Å². The van der Waals surface area contributed by atoms with E-state index in [1.807, 2.05) is 0 Å². The summed E-state index contributed by atoms with van der Waals surface area (Å²) in [6, 6.07) is 11.1. The second-order valence-corrected chi connectivity index (χ2v) is 8.23. The smallest absolute Gasteiger partial charge is 0.263 e. The van der Waals surface area contributed by atoms with Gasteiger partial charge in [-0.3, -0.25) is 9.52 Å². The van der Waals surface area contributed by atoms with Crippen LogP contribution in [0.4, 0.5) is 5.69 Å². The number of hydrogen-bond donors (Lipinski definition) is 2. The van der Waals surface area contributed by atoms with Gasteiger partial charge in [0, 0.05) is 21.6 Å². The van der Waals surface area contributed by atoms with Crippen molar-refractivity contribution < 1.29 is 8.42 Å². The number of anilines is 1. The molecule has 24 heavy (non-hydrogen) atoms. The maximum atomic E-state index is 12.7. The molecule has 0 aliphatic heterocycles. The Bertz CT molecular complexity index is 1090. The molecule has 0 saturated carbocycles. The van der Waals surface area contributed by atoms with E-state index in [-0.39, 0.29) is 15.5 Å². The largest absolute Gasteiger partial charge is 0.322 e. The fourth-order valence-electron chi connectivity index (χ4n) is 2.36. The molecule has 0 unspecified atom stereocenters. The van der Waals surface area contributed by atoms with E-state index in [0.717, 1.165) is 4.47 Å². The third kappa shape index (κ3) is 3.33. The zero-order valence-electron chi connectivity index (χ0n) is 12.4. The average molecular weight is 428 g/mol. The van der Waals surface area contributed by atoms with E-state index in [1.54, 1.807) is 31.2 Å². The van der Waals surface area contributed by atoms with Gasteiger partial charge in [-0.25, -0.2) is 8.42 Å². The third-order valence-electron chi connectivity index (χ3n) is 3.49. The number of aromatic nitrogens is 1. The molecule has 0 saturated heterocycles. The zero-order valence-corrected chi connectivity index (χ0v) is 15.6. The van der Waals surface area contributed by atoms with Crippen LogP contribution in [0.3, 0.4) is 0 Å². The van der Waals surface area contributed by atoms with Crippen molar-refractivity contribution in [2.24, 2.45) is 0 Å². The van der Waals surface area contributed by atoms with Gasteiger partial charge in [-0.15, -0.1) is 0 Å². The van der Waals surface area contributed by atoms with E-state index in [1.165, 1.54) is 18.2 Å². The minimum absolute atomic E-state index is 0.0355. The molecule has 2 N–H and O–H groups in total. The van der Waals surface area contributed by atoms with Crippen LogP contribution in [-0.2, 0) is 10.0 Å². The van der Waals surface area contributed by atoms with Crippen molar-refractivity contribution in [1.29, 1.82) is 0 Å². The van der Waals surface area contributed by atoms with Crippen LogP contribution in [-0.4, -0.2) is 13.4 Å². The van der Waals surface area contributed by atoms with Gasteiger partial charge in [0.2, 0.25) is 5.56 Å². The average Bonchev–Trinajstić information content (AvgIpc) is 2.48. The van der Waals surface area contributed by atoms with Gasteiger partial charge in [0.25, 0.3) is 10.0 Å². The van der Waals surface area contributed by atoms with Crippen LogP contribution < -0.4 is 10.3 Å². The minimum Gasteiger partial charge on any atom is -0.322 e. The lowest BCUT2D eigenvalue weighted by Gasteiger charge is -2.11. The number of nitrogens with one attached hydrogen (secondary N) is 2. The molecule has 0 fully saturated rings. The SMILES string of the molecule is Cc1cc(=O)[nH]c2cc(Cl)c(S(=O)(=O)Nc3ccc(Br)cc3)cc12. The molecular formula is C16H12BrClN2O3S. The molecule has 0 bridgehead atoms. The highest BCUT2D eigenvalue weighted by molar-refractivity contribution is 9.10. The number of aromatic amines is 1.